The number of anilines is 3. The van der Waals surface area contributed by atoms with Crippen molar-refractivity contribution < 1.29 is 8.83 Å². The number of rotatable bonds is 8. The first-order valence-corrected chi connectivity index (χ1v) is 21.0. The molecule has 296 valence electrons. The standard InChI is InChI=1S/C57H36N4O2/c1-4-14-37(15-5-1)39-26-29-44(30-27-39)61(43-20-8-3-9-21-43)45-31-33-48-53(36-45)63-51-25-13-23-49(54(48)51)57-59-55(41-19-12-18-40(34-41)38-16-6-2-7-17-38)58-56(60-57)42-28-32-47-46-22-10-11-24-50(46)62-52(47)35-42/h1-36H. The maximum Gasteiger partial charge on any atom is 0.164 e. The van der Waals surface area contributed by atoms with Crippen LogP contribution in [0.4, 0.5) is 17.1 Å². The Kier molecular flexibility index (Phi) is 8.71. The van der Waals surface area contributed by atoms with Gasteiger partial charge in [-0.1, -0.05) is 146 Å². The van der Waals surface area contributed by atoms with E-state index in [0.717, 1.165) is 94.3 Å². The van der Waals surface area contributed by atoms with Gasteiger partial charge in [-0.3, -0.25) is 0 Å². The fraction of sp³-hybridized carbons (Fsp3) is 0. The van der Waals surface area contributed by atoms with E-state index in [-0.39, 0.29) is 0 Å². The number of hydrogen-bond donors (Lipinski definition) is 0. The van der Waals surface area contributed by atoms with Crippen LogP contribution in [0, 0.1) is 0 Å². The van der Waals surface area contributed by atoms with Crippen molar-refractivity contribution in [2.24, 2.45) is 0 Å². The highest BCUT2D eigenvalue weighted by Gasteiger charge is 2.21. The number of fused-ring (bicyclic) bond motifs is 6. The maximum atomic E-state index is 6.72. The van der Waals surface area contributed by atoms with E-state index in [0.29, 0.717) is 17.5 Å². The summed E-state index contributed by atoms with van der Waals surface area (Å²) in [6.07, 6.45) is 0. The molecule has 9 aromatic carbocycles. The van der Waals surface area contributed by atoms with Crippen LogP contribution in [0.25, 0.3) is 100 Å². The summed E-state index contributed by atoms with van der Waals surface area (Å²) in [5.41, 5.74) is 13.3. The van der Waals surface area contributed by atoms with Gasteiger partial charge >= 0.3 is 0 Å². The minimum atomic E-state index is 0.548. The molecule has 0 saturated carbocycles. The van der Waals surface area contributed by atoms with E-state index in [1.807, 2.05) is 54.6 Å². The highest BCUT2D eigenvalue weighted by molar-refractivity contribution is 6.13. The normalized spacial score (nSPS) is 11.5. The topological polar surface area (TPSA) is 68.2 Å². The lowest BCUT2D eigenvalue weighted by Gasteiger charge is -2.25. The van der Waals surface area contributed by atoms with Gasteiger partial charge in [-0.15, -0.1) is 0 Å². The number of hydrogen-bond acceptors (Lipinski definition) is 6. The van der Waals surface area contributed by atoms with Crippen LogP contribution in [0.5, 0.6) is 0 Å². The van der Waals surface area contributed by atoms with E-state index in [1.165, 1.54) is 5.56 Å². The van der Waals surface area contributed by atoms with Gasteiger partial charge in [0.2, 0.25) is 0 Å². The quantitative estimate of drug-likeness (QED) is 0.152. The van der Waals surface area contributed by atoms with Crippen molar-refractivity contribution in [1.29, 1.82) is 0 Å². The first kappa shape index (κ1) is 36.3. The summed E-state index contributed by atoms with van der Waals surface area (Å²) >= 11 is 0. The molecule has 3 aromatic heterocycles. The van der Waals surface area contributed by atoms with E-state index < -0.39 is 0 Å². The van der Waals surface area contributed by atoms with Crippen LogP contribution >= 0.6 is 0 Å². The zero-order valence-electron chi connectivity index (χ0n) is 33.9. The number of para-hydroxylation sites is 2. The summed E-state index contributed by atoms with van der Waals surface area (Å²) in [7, 11) is 0. The van der Waals surface area contributed by atoms with Crippen LogP contribution in [-0.2, 0) is 0 Å². The van der Waals surface area contributed by atoms with Crippen molar-refractivity contribution in [2.75, 3.05) is 4.90 Å². The highest BCUT2D eigenvalue weighted by Crippen LogP contribution is 2.42. The molecular weight excluding hydrogens is 773 g/mol. The highest BCUT2D eigenvalue weighted by atomic mass is 16.3. The van der Waals surface area contributed by atoms with Crippen LogP contribution in [0.1, 0.15) is 0 Å². The van der Waals surface area contributed by atoms with Gasteiger partial charge < -0.3 is 13.7 Å². The average Bonchev–Trinajstić information content (AvgIpc) is 3.93. The van der Waals surface area contributed by atoms with Crippen molar-refractivity contribution in [3.63, 3.8) is 0 Å². The Morgan fingerprint density at radius 2 is 0.778 bits per heavy atom. The Morgan fingerprint density at radius 1 is 0.286 bits per heavy atom. The van der Waals surface area contributed by atoms with Crippen molar-refractivity contribution >= 4 is 60.9 Å². The monoisotopic (exact) mass is 808 g/mol. The number of aromatic nitrogens is 3. The van der Waals surface area contributed by atoms with Gasteiger partial charge in [-0.2, -0.15) is 0 Å². The molecule has 6 heteroatoms. The number of benzene rings is 9. The molecule has 0 saturated heterocycles. The van der Waals surface area contributed by atoms with Crippen molar-refractivity contribution in [1.82, 2.24) is 15.0 Å². The summed E-state index contributed by atoms with van der Waals surface area (Å²) in [5.74, 6) is 1.67. The van der Waals surface area contributed by atoms with Gasteiger partial charge in [0.25, 0.3) is 0 Å². The molecule has 12 rings (SSSR count). The molecule has 0 aliphatic heterocycles. The lowest BCUT2D eigenvalue weighted by atomic mass is 10.0. The zero-order valence-corrected chi connectivity index (χ0v) is 33.9. The summed E-state index contributed by atoms with van der Waals surface area (Å²) < 4.78 is 13.0. The third kappa shape index (κ3) is 6.58. The predicted octanol–water partition coefficient (Wildman–Crippen LogP) is 15.5. The van der Waals surface area contributed by atoms with Crippen LogP contribution in [-0.4, -0.2) is 15.0 Å². The molecule has 3 heterocycles. The molecule has 0 N–H and O–H groups in total. The van der Waals surface area contributed by atoms with Crippen molar-refractivity contribution in [3.8, 4) is 56.4 Å². The SMILES string of the molecule is c1ccc(-c2ccc(N(c3ccccc3)c3ccc4c(c3)oc3cccc(-c5nc(-c6cccc(-c7ccccc7)c6)nc(-c6ccc7c(c6)oc6ccccc67)n5)c34)cc2)cc1. The van der Waals surface area contributed by atoms with Gasteiger partial charge in [0, 0.05) is 61.4 Å². The Morgan fingerprint density at radius 3 is 1.56 bits per heavy atom. The molecule has 6 nitrogen and oxygen atoms in total. The van der Waals surface area contributed by atoms with E-state index in [1.54, 1.807) is 0 Å². The summed E-state index contributed by atoms with van der Waals surface area (Å²) in [6.45, 7) is 0. The van der Waals surface area contributed by atoms with Crippen LogP contribution in [0.2, 0.25) is 0 Å². The van der Waals surface area contributed by atoms with Crippen molar-refractivity contribution in [3.05, 3.63) is 218 Å². The third-order valence-corrected chi connectivity index (χ3v) is 11.7. The second-order valence-electron chi connectivity index (χ2n) is 15.6. The van der Waals surface area contributed by atoms with Crippen LogP contribution < -0.4 is 4.90 Å². The molecule has 0 bridgehead atoms. The molecule has 0 spiro atoms. The number of furan rings is 2. The first-order valence-electron chi connectivity index (χ1n) is 21.0. The first-order chi connectivity index (χ1) is 31.2. The average molecular weight is 809 g/mol. The van der Waals surface area contributed by atoms with E-state index >= 15 is 0 Å². The molecule has 0 amide bonds. The van der Waals surface area contributed by atoms with Gasteiger partial charge in [0.1, 0.15) is 22.3 Å². The minimum absolute atomic E-state index is 0.548. The molecule has 0 unspecified atom stereocenters. The summed E-state index contributed by atoms with van der Waals surface area (Å²) in [4.78, 5) is 17.8. The Balaban J connectivity index is 1.00. The Hall–Kier alpha value is -8.61. The largest absolute Gasteiger partial charge is 0.456 e. The van der Waals surface area contributed by atoms with Crippen molar-refractivity contribution in [2.45, 2.75) is 0 Å². The van der Waals surface area contributed by atoms with Gasteiger partial charge in [-0.05, 0) is 89.0 Å². The molecule has 0 fully saturated rings. The van der Waals surface area contributed by atoms with E-state index in [9.17, 15) is 0 Å². The lowest BCUT2D eigenvalue weighted by Crippen LogP contribution is -2.09. The Labute approximate surface area is 363 Å². The summed E-state index contributed by atoms with van der Waals surface area (Å²) in [6, 6.07) is 75.1. The second-order valence-corrected chi connectivity index (χ2v) is 15.6. The van der Waals surface area contributed by atoms with E-state index in [4.69, 9.17) is 23.8 Å². The van der Waals surface area contributed by atoms with Gasteiger partial charge in [-0.25, -0.2) is 15.0 Å². The molecule has 0 aliphatic carbocycles. The fourth-order valence-electron chi connectivity index (χ4n) is 8.69. The minimum Gasteiger partial charge on any atom is -0.456 e. The van der Waals surface area contributed by atoms with Crippen LogP contribution in [0.3, 0.4) is 0 Å². The number of nitrogens with zero attached hydrogens (tertiary/aromatic N) is 4. The van der Waals surface area contributed by atoms with Gasteiger partial charge in [0.05, 0.1) is 0 Å². The zero-order chi connectivity index (χ0) is 41.7. The smallest absolute Gasteiger partial charge is 0.164 e. The maximum absolute atomic E-state index is 6.72. The van der Waals surface area contributed by atoms with Crippen LogP contribution in [0.15, 0.2) is 227 Å². The predicted molar refractivity (Wildman–Crippen MR) is 256 cm³/mol. The molecular formula is C57H36N4O2. The summed E-state index contributed by atoms with van der Waals surface area (Å²) in [5, 5.41) is 4.02. The molecule has 63 heavy (non-hydrogen) atoms. The second kappa shape index (κ2) is 15.1. The lowest BCUT2D eigenvalue weighted by molar-refractivity contribution is 0.668. The molecule has 0 radical (unpaired) electrons. The molecule has 0 aliphatic rings. The fourth-order valence-corrected chi connectivity index (χ4v) is 8.69. The van der Waals surface area contributed by atoms with E-state index in [2.05, 4.69) is 169 Å². The Bertz CT molecular complexity index is 3620. The van der Waals surface area contributed by atoms with Gasteiger partial charge in [0.15, 0.2) is 17.5 Å². The third-order valence-electron chi connectivity index (χ3n) is 11.7. The molecule has 12 aromatic rings. The molecule has 0 atom stereocenters.